The van der Waals surface area contributed by atoms with E-state index >= 15 is 0 Å². The quantitative estimate of drug-likeness (QED) is 0.259. The fraction of sp³-hybridized carbons (Fsp3) is 0.611. The second-order valence-corrected chi connectivity index (χ2v) is 5.79. The lowest BCUT2D eigenvalue weighted by Gasteiger charge is -2.11. The Balaban J connectivity index is 0.00000264. The molecular formula is C18H30IN3O. The lowest BCUT2D eigenvalue weighted by molar-refractivity contribution is 0.135. The van der Waals surface area contributed by atoms with Crippen molar-refractivity contribution in [3.8, 4) is 0 Å². The monoisotopic (exact) mass is 431 g/mol. The molecule has 1 saturated carbocycles. The van der Waals surface area contributed by atoms with Crippen LogP contribution in [0.15, 0.2) is 35.3 Å². The molecule has 1 aliphatic rings. The summed E-state index contributed by atoms with van der Waals surface area (Å²) in [6, 6.07) is 10.5. The first-order valence-electron chi connectivity index (χ1n) is 8.52. The van der Waals surface area contributed by atoms with Gasteiger partial charge in [-0.05, 0) is 44.1 Å². The van der Waals surface area contributed by atoms with Crippen molar-refractivity contribution < 1.29 is 4.74 Å². The molecule has 2 rings (SSSR count). The zero-order valence-corrected chi connectivity index (χ0v) is 16.4. The maximum Gasteiger partial charge on any atom is 0.191 e. The molecule has 5 heteroatoms. The van der Waals surface area contributed by atoms with E-state index in [1.807, 2.05) is 6.07 Å². The summed E-state index contributed by atoms with van der Waals surface area (Å²) in [4.78, 5) is 4.60. The van der Waals surface area contributed by atoms with Gasteiger partial charge in [0.05, 0.1) is 6.61 Å². The number of rotatable bonds is 10. The van der Waals surface area contributed by atoms with Gasteiger partial charge in [0, 0.05) is 26.2 Å². The Morgan fingerprint density at radius 1 is 1.17 bits per heavy atom. The maximum atomic E-state index is 5.69. The van der Waals surface area contributed by atoms with E-state index in [4.69, 9.17) is 4.74 Å². The van der Waals surface area contributed by atoms with E-state index in [0.717, 1.165) is 57.6 Å². The Morgan fingerprint density at radius 3 is 2.65 bits per heavy atom. The van der Waals surface area contributed by atoms with Gasteiger partial charge in [-0.15, -0.1) is 24.0 Å². The number of guanidine groups is 1. The summed E-state index contributed by atoms with van der Waals surface area (Å²) in [7, 11) is 0. The topological polar surface area (TPSA) is 45.7 Å². The van der Waals surface area contributed by atoms with Crippen molar-refractivity contribution in [2.45, 2.75) is 32.6 Å². The number of ether oxygens (including phenoxy) is 1. The molecule has 0 aromatic heterocycles. The molecule has 0 aliphatic heterocycles. The molecule has 1 aromatic carbocycles. The van der Waals surface area contributed by atoms with Gasteiger partial charge in [0.2, 0.25) is 0 Å². The lowest BCUT2D eigenvalue weighted by Crippen LogP contribution is -2.38. The van der Waals surface area contributed by atoms with Crippen molar-refractivity contribution in [1.82, 2.24) is 10.6 Å². The molecule has 4 nitrogen and oxygen atoms in total. The highest BCUT2D eigenvalue weighted by molar-refractivity contribution is 14.0. The van der Waals surface area contributed by atoms with E-state index in [9.17, 15) is 0 Å². The number of aliphatic imine (C=N–C) groups is 1. The number of halogens is 1. The third-order valence-electron chi connectivity index (χ3n) is 3.68. The number of hydrogen-bond donors (Lipinski definition) is 2. The fourth-order valence-corrected chi connectivity index (χ4v) is 2.18. The molecule has 1 aliphatic carbocycles. The highest BCUT2D eigenvalue weighted by Crippen LogP contribution is 2.28. The molecule has 130 valence electrons. The summed E-state index contributed by atoms with van der Waals surface area (Å²) in [6.07, 6.45) is 4.68. The number of nitrogens with zero attached hydrogens (tertiary/aromatic N) is 1. The first-order valence-corrected chi connectivity index (χ1v) is 8.52. The van der Waals surface area contributed by atoms with Crippen LogP contribution < -0.4 is 10.6 Å². The molecular weight excluding hydrogens is 401 g/mol. The van der Waals surface area contributed by atoms with Gasteiger partial charge in [0.25, 0.3) is 0 Å². The molecule has 0 radical (unpaired) electrons. The van der Waals surface area contributed by atoms with Crippen LogP contribution in [0.5, 0.6) is 0 Å². The third kappa shape index (κ3) is 9.81. The minimum atomic E-state index is 0. The average Bonchev–Trinajstić information content (AvgIpc) is 3.37. The van der Waals surface area contributed by atoms with Gasteiger partial charge >= 0.3 is 0 Å². The molecule has 2 N–H and O–H groups in total. The molecule has 1 aromatic rings. The summed E-state index contributed by atoms with van der Waals surface area (Å²) in [6.45, 7) is 6.46. The summed E-state index contributed by atoms with van der Waals surface area (Å²) in [5.41, 5.74) is 1.34. The molecule has 0 bridgehead atoms. The van der Waals surface area contributed by atoms with E-state index in [-0.39, 0.29) is 24.0 Å². The Bertz CT molecular complexity index is 435. The van der Waals surface area contributed by atoms with Crippen molar-refractivity contribution in [2.75, 3.05) is 32.8 Å². The van der Waals surface area contributed by atoms with E-state index in [2.05, 4.69) is 46.8 Å². The van der Waals surface area contributed by atoms with Gasteiger partial charge in [-0.2, -0.15) is 0 Å². The second kappa shape index (κ2) is 12.6. The third-order valence-corrected chi connectivity index (χ3v) is 3.68. The van der Waals surface area contributed by atoms with Gasteiger partial charge in [-0.25, -0.2) is 0 Å². The first kappa shape index (κ1) is 20.2. The van der Waals surface area contributed by atoms with Crippen molar-refractivity contribution in [3.63, 3.8) is 0 Å². The number of nitrogens with one attached hydrogen (secondary N) is 2. The molecule has 0 spiro atoms. The Kier molecular flexibility index (Phi) is 11.1. The molecule has 0 amide bonds. The molecule has 0 heterocycles. The van der Waals surface area contributed by atoms with Gasteiger partial charge < -0.3 is 15.4 Å². The zero-order valence-electron chi connectivity index (χ0n) is 14.1. The molecule has 0 saturated heterocycles. The van der Waals surface area contributed by atoms with Crippen LogP contribution in [-0.2, 0) is 11.2 Å². The standard InChI is InChI=1S/C18H29N3O.HI/c1-2-19-18(21-15-17-9-10-17)20-12-6-13-22-14-11-16-7-4-3-5-8-16;/h3-5,7-8,17H,2,6,9-15H2,1H3,(H2,19,20,21);1H. The van der Waals surface area contributed by atoms with Crippen LogP contribution in [0.3, 0.4) is 0 Å². The van der Waals surface area contributed by atoms with Crippen molar-refractivity contribution in [3.05, 3.63) is 35.9 Å². The lowest BCUT2D eigenvalue weighted by atomic mass is 10.2. The van der Waals surface area contributed by atoms with Crippen LogP contribution in [0.1, 0.15) is 31.7 Å². The number of hydrogen-bond acceptors (Lipinski definition) is 2. The Morgan fingerprint density at radius 2 is 1.96 bits per heavy atom. The van der Waals surface area contributed by atoms with Crippen LogP contribution >= 0.6 is 24.0 Å². The highest BCUT2D eigenvalue weighted by Gasteiger charge is 2.20. The highest BCUT2D eigenvalue weighted by atomic mass is 127. The van der Waals surface area contributed by atoms with E-state index in [0.29, 0.717) is 0 Å². The summed E-state index contributed by atoms with van der Waals surface area (Å²) < 4.78 is 5.69. The largest absolute Gasteiger partial charge is 0.381 e. The van der Waals surface area contributed by atoms with Gasteiger partial charge in [-0.3, -0.25) is 4.99 Å². The zero-order chi connectivity index (χ0) is 15.5. The van der Waals surface area contributed by atoms with Gasteiger partial charge in [-0.1, -0.05) is 30.3 Å². The summed E-state index contributed by atoms with van der Waals surface area (Å²) in [5.74, 6) is 1.77. The van der Waals surface area contributed by atoms with Crippen LogP contribution in [0.2, 0.25) is 0 Å². The van der Waals surface area contributed by atoms with Crippen LogP contribution in [0.25, 0.3) is 0 Å². The van der Waals surface area contributed by atoms with E-state index < -0.39 is 0 Å². The van der Waals surface area contributed by atoms with Crippen molar-refractivity contribution in [1.29, 1.82) is 0 Å². The Labute approximate surface area is 157 Å². The van der Waals surface area contributed by atoms with Gasteiger partial charge in [0.15, 0.2) is 5.96 Å². The van der Waals surface area contributed by atoms with E-state index in [1.54, 1.807) is 0 Å². The van der Waals surface area contributed by atoms with Crippen LogP contribution in [0.4, 0.5) is 0 Å². The van der Waals surface area contributed by atoms with E-state index in [1.165, 1.54) is 18.4 Å². The van der Waals surface area contributed by atoms with Crippen molar-refractivity contribution >= 4 is 29.9 Å². The first-order chi connectivity index (χ1) is 10.9. The minimum absolute atomic E-state index is 0. The summed E-state index contributed by atoms with van der Waals surface area (Å²) in [5, 5.41) is 6.66. The summed E-state index contributed by atoms with van der Waals surface area (Å²) >= 11 is 0. The predicted octanol–water partition coefficient (Wildman–Crippen LogP) is 3.22. The van der Waals surface area contributed by atoms with Crippen LogP contribution in [0, 0.1) is 5.92 Å². The predicted molar refractivity (Wildman–Crippen MR) is 108 cm³/mol. The normalized spacial score (nSPS) is 14.2. The number of benzene rings is 1. The molecule has 23 heavy (non-hydrogen) atoms. The van der Waals surface area contributed by atoms with Crippen molar-refractivity contribution in [2.24, 2.45) is 10.9 Å². The smallest absolute Gasteiger partial charge is 0.191 e. The molecule has 1 fully saturated rings. The fourth-order valence-electron chi connectivity index (χ4n) is 2.18. The Hall–Kier alpha value is -0.820. The SMILES string of the molecule is CCNC(=NCC1CC1)NCCCOCCc1ccccc1.I. The van der Waals surface area contributed by atoms with Gasteiger partial charge in [0.1, 0.15) is 0 Å². The molecule has 0 unspecified atom stereocenters. The average molecular weight is 431 g/mol. The van der Waals surface area contributed by atoms with Crippen LogP contribution in [-0.4, -0.2) is 38.8 Å². The second-order valence-electron chi connectivity index (χ2n) is 5.79. The molecule has 0 atom stereocenters. The minimum Gasteiger partial charge on any atom is -0.381 e. The maximum absolute atomic E-state index is 5.69.